The zero-order chi connectivity index (χ0) is 16.8. The Morgan fingerprint density at radius 2 is 1.29 bits per heavy atom. The third kappa shape index (κ3) is 3.64. The summed E-state index contributed by atoms with van der Waals surface area (Å²) in [6, 6.07) is 25.9. The van der Waals surface area contributed by atoms with E-state index in [0.29, 0.717) is 5.69 Å². The van der Waals surface area contributed by atoms with Gasteiger partial charge in [0, 0.05) is 12.1 Å². The lowest BCUT2D eigenvalue weighted by atomic mass is 9.99. The Bertz CT molecular complexity index is 854. The predicted octanol–water partition coefficient (Wildman–Crippen LogP) is 5.03. The highest BCUT2D eigenvalue weighted by atomic mass is 16.6. The minimum absolute atomic E-state index is 0.0456. The van der Waals surface area contributed by atoms with Gasteiger partial charge in [-0.25, -0.2) is 4.99 Å². The molecule has 0 atom stereocenters. The van der Waals surface area contributed by atoms with E-state index in [1.165, 1.54) is 12.1 Å². The number of nitro benzene ring substituents is 1. The average molecular weight is 314 g/mol. The molecule has 4 nitrogen and oxygen atoms in total. The summed E-state index contributed by atoms with van der Waals surface area (Å²) in [4.78, 5) is 14.6. The fraction of sp³-hybridized carbons (Fsp3) is 0. The van der Waals surface area contributed by atoms with E-state index in [2.05, 4.69) is 10.9 Å². The van der Waals surface area contributed by atoms with Crippen LogP contribution >= 0.6 is 0 Å². The van der Waals surface area contributed by atoms with E-state index in [4.69, 9.17) is 0 Å². The highest BCUT2D eigenvalue weighted by Gasteiger charge is 2.05. The fourth-order valence-corrected chi connectivity index (χ4v) is 2.27. The van der Waals surface area contributed by atoms with Crippen molar-refractivity contribution in [3.63, 3.8) is 0 Å². The fourth-order valence-electron chi connectivity index (χ4n) is 2.27. The molecule has 0 spiro atoms. The van der Waals surface area contributed by atoms with Gasteiger partial charge in [0.05, 0.1) is 16.2 Å². The smallest absolute Gasteiger partial charge is 0.258 e. The Hall–Kier alpha value is -3.49. The van der Waals surface area contributed by atoms with Crippen LogP contribution in [0.25, 0.3) is 5.57 Å². The number of non-ortho nitro benzene ring substituents is 1. The molecule has 0 heterocycles. The van der Waals surface area contributed by atoms with E-state index in [1.54, 1.807) is 12.1 Å². The topological polar surface area (TPSA) is 55.5 Å². The van der Waals surface area contributed by atoms with Crippen molar-refractivity contribution in [3.8, 4) is 0 Å². The van der Waals surface area contributed by atoms with Crippen molar-refractivity contribution < 1.29 is 4.92 Å². The van der Waals surface area contributed by atoms with Gasteiger partial charge in [-0.2, -0.15) is 0 Å². The van der Waals surface area contributed by atoms with Gasteiger partial charge in [0.2, 0.25) is 0 Å². The molecule has 24 heavy (non-hydrogen) atoms. The maximum Gasteiger partial charge on any atom is 0.269 e. The standard InChI is InChI=1S/C20H14N2O2/c23-22(24)19-13-11-18(12-14-19)21-15-20(16-7-3-1-4-8-16)17-9-5-2-6-10-17/h1-14H. The Morgan fingerprint density at radius 3 is 1.75 bits per heavy atom. The lowest BCUT2D eigenvalue weighted by Gasteiger charge is -2.04. The summed E-state index contributed by atoms with van der Waals surface area (Å²) in [6.45, 7) is 0. The predicted molar refractivity (Wildman–Crippen MR) is 95.6 cm³/mol. The molecule has 0 radical (unpaired) electrons. The van der Waals surface area contributed by atoms with Crippen LogP contribution in [-0.4, -0.2) is 10.8 Å². The van der Waals surface area contributed by atoms with Gasteiger partial charge < -0.3 is 0 Å². The van der Waals surface area contributed by atoms with Crippen LogP contribution in [0.15, 0.2) is 89.9 Å². The summed E-state index contributed by atoms with van der Waals surface area (Å²) in [6.07, 6.45) is 0. The summed E-state index contributed by atoms with van der Waals surface area (Å²) in [5, 5.41) is 10.7. The van der Waals surface area contributed by atoms with Crippen molar-refractivity contribution in [1.29, 1.82) is 0 Å². The maximum atomic E-state index is 10.7. The van der Waals surface area contributed by atoms with Gasteiger partial charge in [-0.1, -0.05) is 60.7 Å². The molecule has 0 unspecified atom stereocenters. The summed E-state index contributed by atoms with van der Waals surface area (Å²) in [5.74, 6) is 3.09. The van der Waals surface area contributed by atoms with Gasteiger partial charge in [-0.3, -0.25) is 10.1 Å². The maximum absolute atomic E-state index is 10.7. The van der Waals surface area contributed by atoms with Gasteiger partial charge >= 0.3 is 0 Å². The minimum atomic E-state index is -0.428. The van der Waals surface area contributed by atoms with Crippen LogP contribution in [0.5, 0.6) is 0 Å². The molecule has 0 bridgehead atoms. The summed E-state index contributed by atoms with van der Waals surface area (Å²) in [5.41, 5.74) is 3.55. The van der Waals surface area contributed by atoms with Crippen LogP contribution in [0.3, 0.4) is 0 Å². The first-order valence-corrected chi connectivity index (χ1v) is 7.43. The number of hydrogen-bond acceptors (Lipinski definition) is 3. The minimum Gasteiger partial charge on any atom is -0.258 e. The van der Waals surface area contributed by atoms with Gasteiger partial charge in [-0.05, 0) is 29.1 Å². The number of hydrogen-bond donors (Lipinski definition) is 0. The second-order valence-electron chi connectivity index (χ2n) is 5.10. The summed E-state index contributed by atoms with van der Waals surface area (Å²) < 4.78 is 0. The lowest BCUT2D eigenvalue weighted by molar-refractivity contribution is -0.384. The van der Waals surface area contributed by atoms with Crippen molar-refractivity contribution in [2.75, 3.05) is 0 Å². The molecule has 0 amide bonds. The van der Waals surface area contributed by atoms with Crippen molar-refractivity contribution in [2.24, 2.45) is 4.99 Å². The Balaban J connectivity index is 2.05. The molecule has 0 fully saturated rings. The molecule has 0 saturated heterocycles. The van der Waals surface area contributed by atoms with E-state index in [-0.39, 0.29) is 5.69 Å². The van der Waals surface area contributed by atoms with E-state index in [9.17, 15) is 10.1 Å². The molecule has 0 N–H and O–H groups in total. The number of nitrogens with zero attached hydrogens (tertiary/aromatic N) is 2. The molecule has 116 valence electrons. The van der Waals surface area contributed by atoms with Crippen molar-refractivity contribution in [1.82, 2.24) is 0 Å². The second-order valence-corrected chi connectivity index (χ2v) is 5.10. The van der Waals surface area contributed by atoms with Crippen LogP contribution in [0.4, 0.5) is 11.4 Å². The highest BCUT2D eigenvalue weighted by Crippen LogP contribution is 2.22. The van der Waals surface area contributed by atoms with E-state index >= 15 is 0 Å². The Morgan fingerprint density at radius 1 is 0.792 bits per heavy atom. The van der Waals surface area contributed by atoms with Gasteiger partial charge in [-0.15, -0.1) is 0 Å². The molecule has 4 heteroatoms. The van der Waals surface area contributed by atoms with Crippen LogP contribution in [0.2, 0.25) is 0 Å². The first kappa shape index (κ1) is 15.4. The van der Waals surface area contributed by atoms with Crippen molar-refractivity contribution in [2.45, 2.75) is 0 Å². The van der Waals surface area contributed by atoms with E-state index < -0.39 is 4.92 Å². The van der Waals surface area contributed by atoms with Crippen molar-refractivity contribution >= 4 is 22.8 Å². The first-order chi connectivity index (χ1) is 11.7. The third-order valence-electron chi connectivity index (χ3n) is 3.48. The molecule has 0 aliphatic rings. The number of aliphatic imine (C=N–C) groups is 1. The Labute approximate surface area is 139 Å². The second kappa shape index (κ2) is 7.18. The normalized spacial score (nSPS) is 9.83. The Kier molecular flexibility index (Phi) is 4.61. The number of nitro groups is 1. The van der Waals surface area contributed by atoms with Crippen LogP contribution < -0.4 is 0 Å². The lowest BCUT2D eigenvalue weighted by Crippen LogP contribution is -1.88. The quantitative estimate of drug-likeness (QED) is 0.385. The van der Waals surface area contributed by atoms with Crippen molar-refractivity contribution in [3.05, 3.63) is 106 Å². The third-order valence-corrected chi connectivity index (χ3v) is 3.48. The van der Waals surface area contributed by atoms with E-state index in [1.807, 2.05) is 60.7 Å². The number of benzene rings is 3. The molecule has 0 aromatic heterocycles. The summed E-state index contributed by atoms with van der Waals surface area (Å²) >= 11 is 0. The molecule has 3 aromatic carbocycles. The largest absolute Gasteiger partial charge is 0.269 e. The molecule has 3 rings (SSSR count). The SMILES string of the molecule is O=[N+]([O-])c1ccc(N=C=C(c2ccccc2)c2ccccc2)cc1. The summed E-state index contributed by atoms with van der Waals surface area (Å²) in [7, 11) is 0. The molecule has 3 aromatic rings. The molecule has 0 aliphatic carbocycles. The van der Waals surface area contributed by atoms with Gasteiger partial charge in [0.25, 0.3) is 5.69 Å². The van der Waals surface area contributed by atoms with Crippen LogP contribution in [-0.2, 0) is 0 Å². The molecular weight excluding hydrogens is 300 g/mol. The highest BCUT2D eigenvalue weighted by molar-refractivity contribution is 5.99. The monoisotopic (exact) mass is 314 g/mol. The molecular formula is C20H14N2O2. The van der Waals surface area contributed by atoms with Crippen LogP contribution in [0, 0.1) is 10.1 Å². The number of rotatable bonds is 4. The first-order valence-electron chi connectivity index (χ1n) is 7.43. The average Bonchev–Trinajstić information content (AvgIpc) is 2.64. The zero-order valence-corrected chi connectivity index (χ0v) is 12.8. The van der Waals surface area contributed by atoms with E-state index in [0.717, 1.165) is 16.7 Å². The zero-order valence-electron chi connectivity index (χ0n) is 12.8. The molecule has 0 saturated carbocycles. The van der Waals surface area contributed by atoms with Crippen LogP contribution in [0.1, 0.15) is 11.1 Å². The van der Waals surface area contributed by atoms with Gasteiger partial charge in [0.1, 0.15) is 0 Å². The van der Waals surface area contributed by atoms with Gasteiger partial charge in [0.15, 0.2) is 0 Å². The molecule has 0 aliphatic heterocycles.